The van der Waals surface area contributed by atoms with Gasteiger partial charge in [0.25, 0.3) is 0 Å². The third-order valence-electron chi connectivity index (χ3n) is 4.96. The van der Waals surface area contributed by atoms with Crippen LogP contribution in [0.3, 0.4) is 0 Å². The lowest BCUT2D eigenvalue weighted by molar-refractivity contribution is 0.0398. The van der Waals surface area contributed by atoms with E-state index in [9.17, 15) is 0 Å². The summed E-state index contributed by atoms with van der Waals surface area (Å²) in [6.07, 6.45) is 6.89. The molecule has 1 N–H and O–H groups in total. The number of morpholine rings is 1. The first-order chi connectivity index (χ1) is 16.2. The first-order valence-corrected chi connectivity index (χ1v) is 13.6. The minimum atomic E-state index is 0.364. The van der Waals surface area contributed by atoms with Gasteiger partial charge >= 0.3 is 0 Å². The summed E-state index contributed by atoms with van der Waals surface area (Å²) in [5, 5.41) is 9.04. The zero-order valence-electron chi connectivity index (χ0n) is 19.6. The quantitative estimate of drug-likeness (QED) is 0.404. The van der Waals surface area contributed by atoms with E-state index in [1.54, 1.807) is 11.8 Å². The molecule has 1 fully saturated rings. The Kier molecular flexibility index (Phi) is 10.9. The van der Waals surface area contributed by atoms with Gasteiger partial charge in [-0.2, -0.15) is 21.8 Å². The topological polar surface area (TPSA) is 77.3 Å². The molecule has 0 saturated carbocycles. The predicted molar refractivity (Wildman–Crippen MR) is 140 cm³/mol. The Labute approximate surface area is 208 Å². The molecule has 33 heavy (non-hydrogen) atoms. The molecule has 180 valence electrons. The van der Waals surface area contributed by atoms with Crippen LogP contribution in [0.25, 0.3) is 22.3 Å². The van der Waals surface area contributed by atoms with Crippen molar-refractivity contribution in [1.82, 2.24) is 24.6 Å². The summed E-state index contributed by atoms with van der Waals surface area (Å²) in [5.41, 5.74) is 2.64. The maximum atomic E-state index is 5.74. The van der Waals surface area contributed by atoms with Crippen molar-refractivity contribution in [1.29, 1.82) is 0 Å². The summed E-state index contributed by atoms with van der Waals surface area (Å²) >= 11 is 5.29. The van der Waals surface area contributed by atoms with Crippen molar-refractivity contribution in [3.63, 3.8) is 0 Å². The van der Waals surface area contributed by atoms with Crippen molar-refractivity contribution >= 4 is 44.7 Å². The fourth-order valence-electron chi connectivity index (χ4n) is 3.43. The number of halogens is 1. The zero-order valence-corrected chi connectivity index (χ0v) is 22.0. The van der Waals surface area contributed by atoms with Crippen LogP contribution in [-0.2, 0) is 16.2 Å². The smallest absolute Gasteiger partial charge is 0.224 e. The highest BCUT2D eigenvalue weighted by molar-refractivity contribution is 9.10. The minimum Gasteiger partial charge on any atom is -0.379 e. The monoisotopic (exact) mass is 536 g/mol. The molecular weight excluding hydrogens is 504 g/mol. The van der Waals surface area contributed by atoms with E-state index in [4.69, 9.17) is 19.6 Å². The number of hydrogen-bond donors (Lipinski definition) is 1. The normalized spacial score (nSPS) is 14.2. The standard InChI is InChI=1S/C21H27BrN6O2.C2H6S/c1-2-10-30-15-28-20-18(19(26-28)16-4-3-5-17(22)13-16)14-24-21(25-20)23-6-7-27-8-11-29-12-9-27;1-3-2/h3-5,13-14H,2,6-12,15H2,1H3,(H,23,24,25);1-2H3. The van der Waals surface area contributed by atoms with Crippen LogP contribution in [0, 0.1) is 0 Å². The maximum Gasteiger partial charge on any atom is 0.224 e. The van der Waals surface area contributed by atoms with Crippen LogP contribution in [0.4, 0.5) is 5.95 Å². The zero-order chi connectivity index (χ0) is 23.5. The number of aromatic nitrogens is 4. The van der Waals surface area contributed by atoms with Gasteiger partial charge in [-0.3, -0.25) is 4.90 Å². The van der Waals surface area contributed by atoms with Gasteiger partial charge in [0.1, 0.15) is 12.4 Å². The van der Waals surface area contributed by atoms with Crippen molar-refractivity contribution in [2.75, 3.05) is 63.8 Å². The Hall–Kier alpha value is -1.72. The van der Waals surface area contributed by atoms with Crippen molar-refractivity contribution < 1.29 is 9.47 Å². The number of anilines is 1. The minimum absolute atomic E-state index is 0.364. The SMILES string of the molecule is CCCOCn1nc(-c2cccc(Br)c2)c2cnc(NCCN3CCOCC3)nc21.CSC. The Balaban J connectivity index is 0.000000968. The third-order valence-corrected chi connectivity index (χ3v) is 5.46. The van der Waals surface area contributed by atoms with Crippen LogP contribution in [-0.4, -0.2) is 83.2 Å². The van der Waals surface area contributed by atoms with Crippen LogP contribution < -0.4 is 5.32 Å². The van der Waals surface area contributed by atoms with Gasteiger partial charge in [-0.05, 0) is 31.1 Å². The van der Waals surface area contributed by atoms with Gasteiger partial charge in [-0.25, -0.2) is 9.67 Å². The summed E-state index contributed by atoms with van der Waals surface area (Å²) < 4.78 is 14.0. The van der Waals surface area contributed by atoms with E-state index in [2.05, 4.69) is 38.1 Å². The predicted octanol–water partition coefficient (Wildman–Crippen LogP) is 4.36. The largest absolute Gasteiger partial charge is 0.379 e. The molecule has 0 spiro atoms. The van der Waals surface area contributed by atoms with Gasteiger partial charge < -0.3 is 14.8 Å². The molecule has 0 aliphatic carbocycles. The number of nitrogens with one attached hydrogen (secondary N) is 1. The van der Waals surface area contributed by atoms with Crippen LogP contribution in [0.1, 0.15) is 13.3 Å². The molecule has 0 unspecified atom stereocenters. The molecule has 1 aliphatic rings. The molecule has 0 radical (unpaired) electrons. The molecular formula is C23H33BrN6O2S. The molecule has 1 aromatic carbocycles. The Morgan fingerprint density at radius 3 is 2.76 bits per heavy atom. The average Bonchev–Trinajstić information content (AvgIpc) is 3.18. The number of ether oxygens (including phenoxy) is 2. The van der Waals surface area contributed by atoms with Gasteiger partial charge in [0.05, 0.1) is 18.6 Å². The molecule has 10 heteroatoms. The first kappa shape index (κ1) is 25.9. The molecule has 3 aromatic rings. The second-order valence-electron chi connectivity index (χ2n) is 7.62. The van der Waals surface area contributed by atoms with Gasteiger partial charge in [0, 0.05) is 49.0 Å². The third kappa shape index (κ3) is 7.65. The lowest BCUT2D eigenvalue weighted by Gasteiger charge is -2.26. The van der Waals surface area contributed by atoms with Crippen molar-refractivity contribution in [2.24, 2.45) is 0 Å². The summed E-state index contributed by atoms with van der Waals surface area (Å²) in [7, 11) is 0. The van der Waals surface area contributed by atoms with Gasteiger partial charge in [0.2, 0.25) is 5.95 Å². The molecule has 0 amide bonds. The fourth-order valence-corrected chi connectivity index (χ4v) is 3.83. The van der Waals surface area contributed by atoms with Crippen LogP contribution in [0.5, 0.6) is 0 Å². The van der Waals surface area contributed by atoms with Gasteiger partial charge in [-0.1, -0.05) is 35.0 Å². The molecule has 0 bridgehead atoms. The number of nitrogens with zero attached hydrogens (tertiary/aromatic N) is 5. The molecule has 1 aliphatic heterocycles. The van der Waals surface area contributed by atoms with E-state index in [1.807, 2.05) is 47.7 Å². The highest BCUT2D eigenvalue weighted by atomic mass is 79.9. The van der Waals surface area contributed by atoms with E-state index >= 15 is 0 Å². The van der Waals surface area contributed by atoms with E-state index in [0.29, 0.717) is 19.3 Å². The molecule has 8 nitrogen and oxygen atoms in total. The molecule has 2 aromatic heterocycles. The van der Waals surface area contributed by atoms with E-state index in [1.165, 1.54) is 0 Å². The fraction of sp³-hybridized carbons (Fsp3) is 0.522. The Morgan fingerprint density at radius 1 is 1.24 bits per heavy atom. The number of hydrogen-bond acceptors (Lipinski definition) is 8. The number of benzene rings is 1. The first-order valence-electron chi connectivity index (χ1n) is 11.2. The van der Waals surface area contributed by atoms with Crippen molar-refractivity contribution in [3.8, 4) is 11.3 Å². The average molecular weight is 538 g/mol. The number of thioether (sulfide) groups is 1. The van der Waals surface area contributed by atoms with E-state index in [0.717, 1.165) is 72.6 Å². The van der Waals surface area contributed by atoms with Crippen molar-refractivity contribution in [3.05, 3.63) is 34.9 Å². The Bertz CT molecular complexity index is 996. The summed E-state index contributed by atoms with van der Waals surface area (Å²) in [6, 6.07) is 8.09. The van der Waals surface area contributed by atoms with Crippen molar-refractivity contribution in [2.45, 2.75) is 20.1 Å². The lowest BCUT2D eigenvalue weighted by Crippen LogP contribution is -2.39. The Morgan fingerprint density at radius 2 is 2.03 bits per heavy atom. The highest BCUT2D eigenvalue weighted by Gasteiger charge is 2.16. The molecule has 1 saturated heterocycles. The summed E-state index contributed by atoms with van der Waals surface area (Å²) in [5.74, 6) is 0.605. The molecule has 4 rings (SSSR count). The second-order valence-corrected chi connectivity index (χ2v) is 9.35. The highest BCUT2D eigenvalue weighted by Crippen LogP contribution is 2.29. The van der Waals surface area contributed by atoms with Crippen LogP contribution in [0.15, 0.2) is 34.9 Å². The van der Waals surface area contributed by atoms with Crippen LogP contribution in [0.2, 0.25) is 0 Å². The number of rotatable bonds is 9. The second kappa shape index (κ2) is 13.9. The summed E-state index contributed by atoms with van der Waals surface area (Å²) in [4.78, 5) is 11.7. The van der Waals surface area contributed by atoms with Crippen LogP contribution >= 0.6 is 27.7 Å². The van der Waals surface area contributed by atoms with Gasteiger partial charge in [0.15, 0.2) is 5.65 Å². The van der Waals surface area contributed by atoms with E-state index < -0.39 is 0 Å². The maximum absolute atomic E-state index is 5.74. The lowest BCUT2D eigenvalue weighted by atomic mass is 10.1. The molecule has 3 heterocycles. The summed E-state index contributed by atoms with van der Waals surface area (Å²) in [6.45, 7) is 8.41. The van der Waals surface area contributed by atoms with E-state index in [-0.39, 0.29) is 0 Å². The number of fused-ring (bicyclic) bond motifs is 1. The van der Waals surface area contributed by atoms with Gasteiger partial charge in [-0.15, -0.1) is 0 Å². The molecule has 0 atom stereocenters.